The highest BCUT2D eigenvalue weighted by Gasteiger charge is 2.49. The topological polar surface area (TPSA) is 29.5 Å². The van der Waals surface area contributed by atoms with Crippen molar-refractivity contribution in [3.63, 3.8) is 0 Å². The van der Waals surface area contributed by atoms with Gasteiger partial charge in [0.25, 0.3) is 0 Å². The molecule has 21 heavy (non-hydrogen) atoms. The van der Waals surface area contributed by atoms with E-state index in [9.17, 15) is 5.11 Å². The van der Waals surface area contributed by atoms with Crippen molar-refractivity contribution in [3.05, 3.63) is 0 Å². The Hall–Kier alpha value is -0.0800. The van der Waals surface area contributed by atoms with Crippen molar-refractivity contribution in [1.82, 2.24) is 0 Å². The first kappa shape index (κ1) is 14.5. The minimum absolute atomic E-state index is 0.142. The summed E-state index contributed by atoms with van der Waals surface area (Å²) in [5, 5.41) is 11.4. The van der Waals surface area contributed by atoms with E-state index in [4.69, 9.17) is 4.74 Å². The molecule has 2 nitrogen and oxygen atoms in total. The molecule has 0 radical (unpaired) electrons. The molecule has 3 saturated carbocycles. The van der Waals surface area contributed by atoms with Crippen molar-refractivity contribution in [2.24, 2.45) is 17.8 Å². The second-order valence-electron chi connectivity index (χ2n) is 8.58. The van der Waals surface area contributed by atoms with Gasteiger partial charge in [0.05, 0.1) is 11.2 Å². The fourth-order valence-corrected chi connectivity index (χ4v) is 5.70. The maximum atomic E-state index is 11.4. The zero-order chi connectivity index (χ0) is 14.3. The maximum Gasteiger partial charge on any atom is 0.0686 e. The van der Waals surface area contributed by atoms with Crippen LogP contribution in [0.5, 0.6) is 0 Å². The standard InChI is InChI=1S/C19H32O2/c20-19(11-4-5-16(13-19)15-6-7-15)17-8-12-21-18(14-17)9-2-1-3-10-18/h15-17,20H,1-14H2. The van der Waals surface area contributed by atoms with Crippen LogP contribution in [0.4, 0.5) is 0 Å². The first-order chi connectivity index (χ1) is 10.2. The molecule has 1 heterocycles. The molecular formula is C19H32O2. The molecule has 2 heteroatoms. The molecule has 0 aromatic carbocycles. The zero-order valence-corrected chi connectivity index (χ0v) is 13.5. The summed E-state index contributed by atoms with van der Waals surface area (Å²) >= 11 is 0. The molecule has 4 fully saturated rings. The van der Waals surface area contributed by atoms with Crippen molar-refractivity contribution in [1.29, 1.82) is 0 Å². The van der Waals surface area contributed by atoms with Gasteiger partial charge >= 0.3 is 0 Å². The van der Waals surface area contributed by atoms with Gasteiger partial charge in [-0.2, -0.15) is 0 Å². The van der Waals surface area contributed by atoms with E-state index in [1.54, 1.807) is 0 Å². The van der Waals surface area contributed by atoms with Gasteiger partial charge in [-0.25, -0.2) is 0 Å². The quantitative estimate of drug-likeness (QED) is 0.815. The van der Waals surface area contributed by atoms with E-state index >= 15 is 0 Å². The summed E-state index contributed by atoms with van der Waals surface area (Å²) in [4.78, 5) is 0. The van der Waals surface area contributed by atoms with E-state index in [0.29, 0.717) is 5.92 Å². The van der Waals surface area contributed by atoms with Gasteiger partial charge in [-0.3, -0.25) is 0 Å². The van der Waals surface area contributed by atoms with Gasteiger partial charge in [-0.1, -0.05) is 25.7 Å². The Morgan fingerprint density at radius 3 is 2.33 bits per heavy atom. The van der Waals surface area contributed by atoms with Gasteiger partial charge in [-0.05, 0) is 75.5 Å². The third-order valence-electron chi connectivity index (χ3n) is 7.11. The lowest BCUT2D eigenvalue weighted by Gasteiger charge is -2.50. The van der Waals surface area contributed by atoms with Gasteiger partial charge < -0.3 is 9.84 Å². The van der Waals surface area contributed by atoms with Crippen LogP contribution in [0.15, 0.2) is 0 Å². The molecule has 0 amide bonds. The average Bonchev–Trinajstić information content (AvgIpc) is 3.33. The monoisotopic (exact) mass is 292 g/mol. The summed E-state index contributed by atoms with van der Waals surface area (Å²) in [5.41, 5.74) is -0.219. The van der Waals surface area contributed by atoms with Crippen molar-refractivity contribution in [3.8, 4) is 0 Å². The lowest BCUT2D eigenvalue weighted by molar-refractivity contribution is -0.168. The number of hydrogen-bond donors (Lipinski definition) is 1. The smallest absolute Gasteiger partial charge is 0.0686 e. The van der Waals surface area contributed by atoms with Crippen LogP contribution in [0, 0.1) is 17.8 Å². The summed E-state index contributed by atoms with van der Waals surface area (Å²) in [6.45, 7) is 0.890. The summed E-state index contributed by atoms with van der Waals surface area (Å²) < 4.78 is 6.25. The third kappa shape index (κ3) is 2.91. The number of aliphatic hydroxyl groups is 1. The van der Waals surface area contributed by atoms with Crippen molar-refractivity contribution < 1.29 is 9.84 Å². The van der Waals surface area contributed by atoms with Crippen LogP contribution in [0.25, 0.3) is 0 Å². The minimum atomic E-state index is -0.361. The maximum absolute atomic E-state index is 11.4. The summed E-state index contributed by atoms with van der Waals surface area (Å²) in [6.07, 6.45) is 16.4. The van der Waals surface area contributed by atoms with E-state index in [1.165, 1.54) is 57.8 Å². The van der Waals surface area contributed by atoms with Gasteiger partial charge in [0.15, 0.2) is 0 Å². The van der Waals surface area contributed by atoms with Crippen LogP contribution in [-0.4, -0.2) is 22.9 Å². The molecule has 1 spiro atoms. The van der Waals surface area contributed by atoms with Crippen LogP contribution < -0.4 is 0 Å². The lowest BCUT2D eigenvalue weighted by Crippen LogP contribution is -2.51. The molecular weight excluding hydrogens is 260 g/mol. The minimum Gasteiger partial charge on any atom is -0.390 e. The molecule has 4 aliphatic rings. The van der Waals surface area contributed by atoms with Gasteiger partial charge in [0.1, 0.15) is 0 Å². The van der Waals surface area contributed by atoms with Crippen LogP contribution in [0.1, 0.15) is 83.5 Å². The average molecular weight is 292 g/mol. The molecule has 1 aliphatic heterocycles. The van der Waals surface area contributed by atoms with E-state index in [0.717, 1.165) is 44.1 Å². The highest BCUT2D eigenvalue weighted by Crippen LogP contribution is 2.52. The molecule has 3 atom stereocenters. The molecule has 3 unspecified atom stereocenters. The fraction of sp³-hybridized carbons (Fsp3) is 1.00. The molecule has 0 aromatic heterocycles. The number of hydrogen-bond acceptors (Lipinski definition) is 2. The Bertz CT molecular complexity index is 364. The Morgan fingerprint density at radius 1 is 0.762 bits per heavy atom. The van der Waals surface area contributed by atoms with Gasteiger partial charge in [0, 0.05) is 6.61 Å². The van der Waals surface area contributed by atoms with Gasteiger partial charge in [-0.15, -0.1) is 0 Å². The predicted molar refractivity (Wildman–Crippen MR) is 84.1 cm³/mol. The predicted octanol–water partition coefficient (Wildman–Crippen LogP) is 4.45. The highest BCUT2D eigenvalue weighted by atomic mass is 16.5. The first-order valence-corrected chi connectivity index (χ1v) is 9.56. The molecule has 0 bridgehead atoms. The van der Waals surface area contributed by atoms with Crippen LogP contribution >= 0.6 is 0 Å². The first-order valence-electron chi connectivity index (χ1n) is 9.56. The molecule has 1 saturated heterocycles. The summed E-state index contributed by atoms with van der Waals surface area (Å²) in [7, 11) is 0. The fourth-order valence-electron chi connectivity index (χ4n) is 5.70. The molecule has 4 rings (SSSR count). The SMILES string of the molecule is OC1(C2CCOC3(CCCCC3)C2)CCCC(C2CC2)C1. The van der Waals surface area contributed by atoms with Gasteiger partial charge in [0.2, 0.25) is 0 Å². The lowest BCUT2D eigenvalue weighted by atomic mass is 9.64. The summed E-state index contributed by atoms with van der Waals surface area (Å²) in [6, 6.07) is 0. The van der Waals surface area contributed by atoms with Crippen molar-refractivity contribution >= 4 is 0 Å². The Balaban J connectivity index is 1.46. The normalized spacial score (nSPS) is 43.9. The van der Waals surface area contributed by atoms with E-state index < -0.39 is 0 Å². The zero-order valence-electron chi connectivity index (χ0n) is 13.5. The third-order valence-corrected chi connectivity index (χ3v) is 7.11. The molecule has 120 valence electrons. The van der Waals surface area contributed by atoms with E-state index in [2.05, 4.69) is 0 Å². The van der Waals surface area contributed by atoms with Crippen molar-refractivity contribution in [2.75, 3.05) is 6.61 Å². The van der Waals surface area contributed by atoms with E-state index in [-0.39, 0.29) is 11.2 Å². The molecule has 0 aromatic rings. The Morgan fingerprint density at radius 2 is 1.57 bits per heavy atom. The second kappa shape index (κ2) is 5.53. The number of rotatable bonds is 2. The van der Waals surface area contributed by atoms with Crippen LogP contribution in [0.2, 0.25) is 0 Å². The Labute approximate surface area is 129 Å². The molecule has 1 N–H and O–H groups in total. The van der Waals surface area contributed by atoms with Crippen LogP contribution in [-0.2, 0) is 4.74 Å². The molecule has 3 aliphatic carbocycles. The largest absolute Gasteiger partial charge is 0.390 e. The van der Waals surface area contributed by atoms with Crippen LogP contribution in [0.3, 0.4) is 0 Å². The van der Waals surface area contributed by atoms with E-state index in [1.807, 2.05) is 0 Å². The second-order valence-corrected chi connectivity index (χ2v) is 8.58. The van der Waals surface area contributed by atoms with Crippen molar-refractivity contribution in [2.45, 2.75) is 94.7 Å². The Kier molecular flexibility index (Phi) is 3.82. The highest BCUT2D eigenvalue weighted by molar-refractivity contribution is 5.00. The summed E-state index contributed by atoms with van der Waals surface area (Å²) in [5.74, 6) is 2.29. The number of ether oxygens (including phenoxy) is 1.